The summed E-state index contributed by atoms with van der Waals surface area (Å²) in [5.74, 6) is -1.86. The van der Waals surface area contributed by atoms with Crippen LogP contribution in [0.2, 0.25) is 0 Å². The van der Waals surface area contributed by atoms with E-state index in [1.54, 1.807) is 0 Å². The van der Waals surface area contributed by atoms with Gasteiger partial charge < -0.3 is 19.7 Å². The molecule has 2 aliphatic rings. The molecule has 0 bridgehead atoms. The van der Waals surface area contributed by atoms with Crippen molar-refractivity contribution in [2.24, 2.45) is 16.1 Å². The molecule has 12 heteroatoms. The summed E-state index contributed by atoms with van der Waals surface area (Å²) >= 11 is 0. The molecule has 2 unspecified atom stereocenters. The molecule has 1 heterocycles. The molecule has 1 saturated heterocycles. The van der Waals surface area contributed by atoms with Gasteiger partial charge in [-0.05, 0) is 50.5 Å². The molecular weight excluding hydrogens is 476 g/mol. The number of azo groups is 1. The average Bonchev–Trinajstić information content (AvgIpc) is 3.37. The Morgan fingerprint density at radius 1 is 1.26 bits per heavy atom. The van der Waals surface area contributed by atoms with Crippen LogP contribution in [0.4, 0.5) is 5.69 Å². The monoisotopic (exact) mass is 504 g/mol. The van der Waals surface area contributed by atoms with E-state index in [-0.39, 0.29) is 66.4 Å². The zero-order chi connectivity index (χ0) is 25.4. The number of ketones is 1. The minimum Gasteiger partial charge on any atom is -0.509 e. The summed E-state index contributed by atoms with van der Waals surface area (Å²) in [5.41, 5.74) is 0.393. The largest absolute Gasteiger partial charge is 0.509 e. The Balaban J connectivity index is 1.75. The zero-order valence-corrected chi connectivity index (χ0v) is 20.1. The molecule has 3 N–H and O–H groups in total. The molecule has 188 valence electrons. The fourth-order valence-corrected chi connectivity index (χ4v) is 4.82. The number of carbonyl (C=O) groups is 1. The number of nitrogens with one attached hydrogen (secondary N) is 1. The van der Waals surface area contributed by atoms with Crippen molar-refractivity contribution < 1.29 is 32.9 Å². The van der Waals surface area contributed by atoms with E-state index in [4.69, 9.17) is 14.6 Å². The van der Waals surface area contributed by atoms with Crippen LogP contribution < -0.4 is 4.72 Å². The van der Waals surface area contributed by atoms with Crippen molar-refractivity contribution in [2.75, 3.05) is 33.0 Å². The average molecular weight is 505 g/mol. The highest BCUT2D eigenvalue weighted by Crippen LogP contribution is 2.34. The van der Waals surface area contributed by atoms with Gasteiger partial charge in [-0.25, -0.2) is 13.1 Å². The molecule has 2 atom stereocenters. The van der Waals surface area contributed by atoms with Crippen molar-refractivity contribution in [3.05, 3.63) is 46.9 Å². The summed E-state index contributed by atoms with van der Waals surface area (Å²) in [6.07, 6.45) is 1.71. The predicted octanol–water partition coefficient (Wildman–Crippen LogP) is 2.44. The molecule has 1 aliphatic heterocycles. The van der Waals surface area contributed by atoms with Gasteiger partial charge in [-0.1, -0.05) is 0 Å². The molecule has 1 fully saturated rings. The van der Waals surface area contributed by atoms with E-state index in [1.807, 2.05) is 6.07 Å². The number of rotatable bonds is 11. The number of benzene rings is 1. The second-order valence-corrected chi connectivity index (χ2v) is 9.83. The van der Waals surface area contributed by atoms with Crippen molar-refractivity contribution in [3.63, 3.8) is 0 Å². The van der Waals surface area contributed by atoms with E-state index in [9.17, 15) is 23.6 Å². The van der Waals surface area contributed by atoms with Gasteiger partial charge in [0.2, 0.25) is 10.0 Å². The minimum absolute atomic E-state index is 0.00300. The Bertz CT molecular complexity index is 1160. The summed E-state index contributed by atoms with van der Waals surface area (Å²) < 4.78 is 38.1. The van der Waals surface area contributed by atoms with Crippen LogP contribution >= 0.6 is 0 Å². The number of aliphatic hydroxyl groups excluding tert-OH is 2. The predicted molar refractivity (Wildman–Crippen MR) is 124 cm³/mol. The first-order valence-electron chi connectivity index (χ1n) is 11.2. The van der Waals surface area contributed by atoms with Crippen molar-refractivity contribution in [3.8, 4) is 6.07 Å². The quantitative estimate of drug-likeness (QED) is 0.305. The summed E-state index contributed by atoms with van der Waals surface area (Å²) in [4.78, 5) is 12.7. The molecule has 0 spiro atoms. The zero-order valence-electron chi connectivity index (χ0n) is 19.3. The lowest BCUT2D eigenvalue weighted by molar-refractivity contribution is -0.119. The molecule has 1 aliphatic carbocycles. The van der Waals surface area contributed by atoms with Crippen LogP contribution in [-0.4, -0.2) is 63.5 Å². The Morgan fingerprint density at radius 3 is 2.63 bits per heavy atom. The van der Waals surface area contributed by atoms with Gasteiger partial charge in [0.1, 0.15) is 23.1 Å². The van der Waals surface area contributed by atoms with Crippen molar-refractivity contribution in [2.45, 2.75) is 37.2 Å². The Kier molecular flexibility index (Phi) is 9.25. The van der Waals surface area contributed by atoms with E-state index < -0.39 is 21.7 Å². The van der Waals surface area contributed by atoms with Gasteiger partial charge in [-0.15, -0.1) is 5.11 Å². The number of sulfonamides is 1. The summed E-state index contributed by atoms with van der Waals surface area (Å²) in [6.45, 7) is 2.35. The van der Waals surface area contributed by atoms with Crippen LogP contribution in [0.5, 0.6) is 0 Å². The Labute approximate surface area is 203 Å². The highest BCUT2D eigenvalue weighted by Gasteiger charge is 2.35. The number of ether oxygens (including phenoxy) is 2. The maximum Gasteiger partial charge on any atom is 0.240 e. The third-order valence-electron chi connectivity index (χ3n) is 5.70. The van der Waals surface area contributed by atoms with Crippen LogP contribution in [0.25, 0.3) is 0 Å². The fraction of sp³-hybridized carbons (Fsp3) is 0.478. The molecule has 11 nitrogen and oxygen atoms in total. The Morgan fingerprint density at radius 2 is 2.00 bits per heavy atom. The number of Topliss-reactive ketones (excluding diaryl/α,β-unsaturated/α-hetero) is 1. The number of allylic oxidation sites excluding steroid dienone is 3. The van der Waals surface area contributed by atoms with E-state index in [0.717, 1.165) is 12.8 Å². The number of nitrogens with zero attached hydrogens (tertiary/aromatic N) is 3. The first-order chi connectivity index (χ1) is 16.8. The highest BCUT2D eigenvalue weighted by atomic mass is 32.2. The third-order valence-corrected chi connectivity index (χ3v) is 7.14. The smallest absolute Gasteiger partial charge is 0.240 e. The first-order valence-corrected chi connectivity index (χ1v) is 12.7. The molecule has 0 aromatic heterocycles. The summed E-state index contributed by atoms with van der Waals surface area (Å²) in [7, 11) is -3.71. The topological polar surface area (TPSA) is 171 Å². The Hall–Kier alpha value is -2.95. The molecule has 0 radical (unpaired) electrons. The van der Waals surface area contributed by atoms with Crippen LogP contribution in [-0.2, 0) is 24.3 Å². The van der Waals surface area contributed by atoms with Gasteiger partial charge in [-0.2, -0.15) is 10.4 Å². The van der Waals surface area contributed by atoms with Crippen LogP contribution in [0, 0.1) is 17.2 Å². The van der Waals surface area contributed by atoms with Crippen molar-refractivity contribution in [1.82, 2.24) is 4.72 Å². The van der Waals surface area contributed by atoms with Crippen LogP contribution in [0.1, 0.15) is 26.2 Å². The maximum absolute atomic E-state index is 12.6. The molecule has 0 saturated carbocycles. The van der Waals surface area contributed by atoms with Crippen LogP contribution in [0.15, 0.2) is 62.0 Å². The lowest BCUT2D eigenvalue weighted by Crippen LogP contribution is -2.31. The standard InChI is InChI=1S/C23H28N4O7S/c1-15-20(13-24)22(29)19(8-11-33-12-9-28)23(30)21(15)27-26-16-4-6-18(7-5-16)35(31,32)25-14-17-3-2-10-34-17/h4-7,17,19,25,28,30H,2-3,8-12,14H2,1H3/b27-26+. The number of carbonyl (C=O) groups excluding carboxylic acids is 1. The summed E-state index contributed by atoms with van der Waals surface area (Å²) in [5, 5.41) is 37.0. The van der Waals surface area contributed by atoms with E-state index >= 15 is 0 Å². The van der Waals surface area contributed by atoms with Gasteiger partial charge >= 0.3 is 0 Å². The normalized spacial score (nSPS) is 21.2. The van der Waals surface area contributed by atoms with Gasteiger partial charge in [-0.3, -0.25) is 4.79 Å². The fourth-order valence-electron chi connectivity index (χ4n) is 3.75. The SMILES string of the molecule is CC1=C(C#N)C(=O)C(CCOCCO)C(O)=C1/N=N/c1ccc(S(=O)(=O)NCC2CCCO2)cc1. The first kappa shape index (κ1) is 26.7. The number of nitriles is 1. The molecule has 3 rings (SSSR count). The van der Waals surface area contributed by atoms with E-state index in [0.29, 0.717) is 12.3 Å². The number of aliphatic hydroxyl groups is 2. The van der Waals surface area contributed by atoms with Gasteiger partial charge in [0.05, 0.1) is 35.8 Å². The maximum atomic E-state index is 12.6. The van der Waals surface area contributed by atoms with Crippen molar-refractivity contribution >= 4 is 21.5 Å². The second-order valence-electron chi connectivity index (χ2n) is 8.07. The molecule has 35 heavy (non-hydrogen) atoms. The molecule has 1 aromatic rings. The molecule has 1 aromatic carbocycles. The minimum atomic E-state index is -3.71. The van der Waals surface area contributed by atoms with Gasteiger partial charge in [0.15, 0.2) is 5.78 Å². The van der Waals surface area contributed by atoms with Crippen molar-refractivity contribution in [1.29, 1.82) is 5.26 Å². The van der Waals surface area contributed by atoms with Crippen LogP contribution in [0.3, 0.4) is 0 Å². The lowest BCUT2D eigenvalue weighted by atomic mass is 9.84. The lowest BCUT2D eigenvalue weighted by Gasteiger charge is -2.22. The number of hydrogen-bond donors (Lipinski definition) is 3. The van der Waals surface area contributed by atoms with E-state index in [1.165, 1.54) is 31.2 Å². The van der Waals surface area contributed by atoms with Gasteiger partial charge in [0.25, 0.3) is 0 Å². The highest BCUT2D eigenvalue weighted by molar-refractivity contribution is 7.89. The van der Waals surface area contributed by atoms with E-state index in [2.05, 4.69) is 15.0 Å². The summed E-state index contributed by atoms with van der Waals surface area (Å²) in [6, 6.07) is 7.55. The second kappa shape index (κ2) is 12.1. The molecule has 0 amide bonds. The number of hydrogen-bond acceptors (Lipinski definition) is 10. The van der Waals surface area contributed by atoms with Gasteiger partial charge in [0, 0.05) is 25.3 Å². The third kappa shape index (κ3) is 6.59. The molecular formula is C23H28N4O7S.